The predicted octanol–water partition coefficient (Wildman–Crippen LogP) is 1.60. The Kier molecular flexibility index (Phi) is 6.82. The van der Waals surface area contributed by atoms with Gasteiger partial charge in [0, 0.05) is 43.8 Å². The summed E-state index contributed by atoms with van der Waals surface area (Å²) in [6.07, 6.45) is 7.73. The minimum absolute atomic E-state index is 0. The van der Waals surface area contributed by atoms with Crippen LogP contribution < -0.4 is 15.0 Å². The minimum atomic E-state index is -0.463. The molecule has 1 radical (unpaired) electrons. The average Bonchev–Trinajstić information content (AvgIpc) is 3.44. The summed E-state index contributed by atoms with van der Waals surface area (Å²) >= 11 is 0. The van der Waals surface area contributed by atoms with E-state index in [0.29, 0.717) is 23.0 Å². The fourth-order valence-electron chi connectivity index (χ4n) is 3.70. The number of ether oxygens (including phenoxy) is 1. The van der Waals surface area contributed by atoms with Crippen molar-refractivity contribution in [3.05, 3.63) is 42.0 Å². The van der Waals surface area contributed by atoms with Gasteiger partial charge in [0.15, 0.2) is 5.82 Å². The van der Waals surface area contributed by atoms with E-state index >= 15 is 0 Å². The van der Waals surface area contributed by atoms with E-state index in [1.165, 1.54) is 0 Å². The summed E-state index contributed by atoms with van der Waals surface area (Å²) in [5.41, 5.74) is 3.29. The molecule has 2 N–H and O–H groups in total. The third kappa shape index (κ3) is 4.87. The van der Waals surface area contributed by atoms with Crippen LogP contribution in [0, 0.1) is 0 Å². The Labute approximate surface area is 186 Å². The molecule has 10 nitrogen and oxygen atoms in total. The maximum absolute atomic E-state index is 12.9. The van der Waals surface area contributed by atoms with Gasteiger partial charge in [0.1, 0.15) is 29.9 Å². The molecule has 1 aliphatic carbocycles. The smallest absolute Gasteiger partial charge is 0.246 e. The number of hydrogen-bond donors (Lipinski definition) is 2. The Bertz CT molecular complexity index is 1120. The van der Waals surface area contributed by atoms with Gasteiger partial charge in [0.2, 0.25) is 5.91 Å². The molecule has 183 valence electrons. The summed E-state index contributed by atoms with van der Waals surface area (Å²) in [5, 5.41) is 16.0. The number of anilines is 2. The third-order valence-corrected chi connectivity index (χ3v) is 5.50. The molecule has 3 aromatic rings. The summed E-state index contributed by atoms with van der Waals surface area (Å²) in [5.74, 6) is 1.67. The number of aryl methyl sites for hydroxylation is 2. The van der Waals surface area contributed by atoms with Crippen molar-refractivity contribution < 1.29 is 14.6 Å². The van der Waals surface area contributed by atoms with Crippen molar-refractivity contribution in [2.75, 3.05) is 30.5 Å². The van der Waals surface area contributed by atoms with Crippen LogP contribution in [-0.4, -0.2) is 62.0 Å². The molecular weight excluding hydrogens is 672 g/mol. The van der Waals surface area contributed by atoms with Crippen molar-refractivity contribution in [1.29, 1.82) is 0 Å². The molecule has 1 aliphatic rings. The molecule has 11 heteroatoms. The number of likely N-dealkylation sites (N-methyl/N-ethyl adjacent to an activating group) is 1. The van der Waals surface area contributed by atoms with E-state index in [1.54, 1.807) is 42.5 Å². The Morgan fingerprint density at radius 3 is 2.91 bits per heavy atom. The van der Waals surface area contributed by atoms with Crippen molar-refractivity contribution in [3.8, 4) is 17.3 Å². The third-order valence-electron chi connectivity index (χ3n) is 5.50. The van der Waals surface area contributed by atoms with Crippen LogP contribution in [0.3, 0.4) is 0 Å². The van der Waals surface area contributed by atoms with Crippen LogP contribution in [0.1, 0.15) is 24.6 Å². The van der Waals surface area contributed by atoms with E-state index in [4.69, 9.17) is 19.8 Å². The first-order chi connectivity index (χ1) is 15.5. The quantitative estimate of drug-likeness (QED) is 0.365. The number of aliphatic hydroxyl groups excluding tert-OH is 1. The largest absolute Gasteiger partial charge is 0.491 e. The Balaban J connectivity index is 0.00000306. The number of nitrogens with one attached hydrogen (secondary N) is 1. The monoisotopic (exact) mass is 699 g/mol. The molecule has 4 rings (SSSR count). The summed E-state index contributed by atoms with van der Waals surface area (Å²) < 4.78 is 7.14. The number of rotatable bonds is 8. The first-order valence-electron chi connectivity index (χ1n) is 10.6. The number of aromatic nitrogens is 5. The van der Waals surface area contributed by atoms with Gasteiger partial charge in [-0.05, 0) is 32.3 Å². The minimum Gasteiger partial charge on any atom is -0.491 e. The van der Waals surface area contributed by atoms with Crippen LogP contribution in [0.4, 0.5) is 11.5 Å². The Morgan fingerprint density at radius 2 is 2.18 bits per heavy atom. The number of carbonyl (C=O) groups is 1. The summed E-state index contributed by atoms with van der Waals surface area (Å²) in [7, 11) is 3.67. The molecule has 33 heavy (non-hydrogen) atoms. The molecular formula is C22H27LrN7O3. The normalized spacial score (nSPS) is 13.1. The number of hydrogen-bond acceptors (Lipinski definition) is 8. The van der Waals surface area contributed by atoms with Crippen molar-refractivity contribution in [2.45, 2.75) is 32.2 Å². The molecule has 3 heterocycles. The average molecular weight is 700 g/mol. The molecule has 1 amide bonds. The first kappa shape index (κ1) is 23.1. The van der Waals surface area contributed by atoms with Gasteiger partial charge in [-0.2, -0.15) is 5.10 Å². The second-order valence-corrected chi connectivity index (χ2v) is 7.78. The molecule has 0 unspecified atom stereocenters. The molecule has 0 spiro atoms. The molecule has 0 bridgehead atoms. The number of carbonyl (C=O) groups excluding carboxylic acids is 1. The molecule has 0 saturated heterocycles. The topological polar surface area (TPSA) is 118 Å². The van der Waals surface area contributed by atoms with E-state index in [2.05, 4.69) is 15.4 Å². The summed E-state index contributed by atoms with van der Waals surface area (Å²) in [4.78, 5) is 28.7. The van der Waals surface area contributed by atoms with Gasteiger partial charge >= 0.3 is 0 Å². The van der Waals surface area contributed by atoms with E-state index in [1.807, 2.05) is 18.9 Å². The fraction of sp³-hybridized carbons (Fsp3) is 0.409. The molecule has 0 aliphatic heterocycles. The maximum Gasteiger partial charge on any atom is 0.246 e. The van der Waals surface area contributed by atoms with Crippen LogP contribution in [-0.2, 0) is 24.7 Å². The van der Waals surface area contributed by atoms with Gasteiger partial charge in [-0.15, -0.1) is 0 Å². The van der Waals surface area contributed by atoms with E-state index in [9.17, 15) is 4.79 Å². The van der Waals surface area contributed by atoms with Crippen molar-refractivity contribution >= 4 is 17.4 Å². The second-order valence-electron chi connectivity index (χ2n) is 7.78. The summed E-state index contributed by atoms with van der Waals surface area (Å²) in [6, 6.07) is 3.02. The zero-order valence-electron chi connectivity index (χ0n) is 18.7. The van der Waals surface area contributed by atoms with Gasteiger partial charge < -0.3 is 20.1 Å². The Hall–Kier alpha value is -4.53. The van der Waals surface area contributed by atoms with Crippen molar-refractivity contribution in [2.24, 2.45) is 7.05 Å². The van der Waals surface area contributed by atoms with Crippen LogP contribution in [0.25, 0.3) is 11.5 Å². The van der Waals surface area contributed by atoms with E-state index in [0.717, 1.165) is 36.3 Å². The molecule has 0 saturated carbocycles. The molecule has 1 atom stereocenters. The van der Waals surface area contributed by atoms with Crippen LogP contribution >= 0.6 is 0 Å². The Morgan fingerprint density at radius 1 is 1.36 bits per heavy atom. The number of amides is 1. The van der Waals surface area contributed by atoms with Crippen molar-refractivity contribution in [1.82, 2.24) is 24.7 Å². The van der Waals surface area contributed by atoms with Gasteiger partial charge in [-0.1, -0.05) is 0 Å². The number of fused-ring (bicyclic) bond motifs is 1. The second kappa shape index (κ2) is 9.73. The van der Waals surface area contributed by atoms with Crippen molar-refractivity contribution in [3.63, 3.8) is 0 Å². The SMILES string of the molecule is C[C@H](C(=O)Nc1cnn(C)c1)N(C)c1nc(-c2cc(OCCO)ccn2)nc2c1CCC2.[Lr]. The molecule has 0 fully saturated rings. The van der Waals surface area contributed by atoms with Crippen LogP contribution in [0.15, 0.2) is 30.7 Å². The van der Waals surface area contributed by atoms with Gasteiger partial charge in [-0.3, -0.25) is 14.5 Å². The fourth-order valence-corrected chi connectivity index (χ4v) is 3.70. The number of aliphatic hydroxyl groups is 1. The van der Waals surface area contributed by atoms with Crippen LogP contribution in [0.5, 0.6) is 5.75 Å². The van der Waals surface area contributed by atoms with Gasteiger partial charge in [0.25, 0.3) is 0 Å². The summed E-state index contributed by atoms with van der Waals surface area (Å²) in [6.45, 7) is 1.98. The zero-order chi connectivity index (χ0) is 22.7. The molecule has 3 aromatic heterocycles. The maximum atomic E-state index is 12.9. The number of nitrogens with zero attached hydrogens (tertiary/aromatic N) is 6. The molecule has 0 aromatic carbocycles. The van der Waals surface area contributed by atoms with E-state index < -0.39 is 6.04 Å². The predicted molar refractivity (Wildman–Crippen MR) is 120 cm³/mol. The van der Waals surface area contributed by atoms with Crippen LogP contribution in [0.2, 0.25) is 0 Å². The standard InChI is InChI=1S/C22H27N7O3.Lr/c1-14(22(31)25-15-12-24-28(2)13-15)29(3)21-17-5-4-6-18(17)26-20(27-21)19-11-16(7-8-23-19)32-10-9-30;/h7-8,11-14,30H,4-6,9-10H2,1-3H3,(H,25,31);/t14-;/m1./s1. The number of pyridine rings is 1. The van der Waals surface area contributed by atoms with E-state index in [-0.39, 0.29) is 19.1 Å². The van der Waals surface area contributed by atoms with Gasteiger partial charge in [0.05, 0.1) is 18.5 Å². The zero-order valence-corrected chi connectivity index (χ0v) is 20.9. The van der Waals surface area contributed by atoms with Gasteiger partial charge in [-0.25, -0.2) is 9.97 Å². The first-order valence-corrected chi connectivity index (χ1v) is 10.6.